The van der Waals surface area contributed by atoms with E-state index in [1.807, 2.05) is 25.1 Å². The Morgan fingerprint density at radius 3 is 3.04 bits per heavy atom. The SMILES string of the molecule is C=CC1=C(N=C)CCN(C(=O)c2nc3c(OC)cccc3[nH]2)[C@@H]1C.[HH]. The Morgan fingerprint density at radius 1 is 1.58 bits per heavy atom. The molecular weight excluding hydrogens is 304 g/mol. The molecule has 0 saturated heterocycles. The van der Waals surface area contributed by atoms with E-state index in [1.165, 1.54) is 0 Å². The number of amides is 1. The Labute approximate surface area is 142 Å². The fourth-order valence-electron chi connectivity index (χ4n) is 3.12. The number of H-pyrrole nitrogens is 1. The fourth-order valence-corrected chi connectivity index (χ4v) is 3.12. The van der Waals surface area contributed by atoms with Crippen molar-refractivity contribution in [1.29, 1.82) is 0 Å². The van der Waals surface area contributed by atoms with Crippen molar-refractivity contribution in [3.63, 3.8) is 0 Å². The van der Waals surface area contributed by atoms with E-state index >= 15 is 0 Å². The van der Waals surface area contributed by atoms with E-state index < -0.39 is 0 Å². The molecule has 0 radical (unpaired) electrons. The van der Waals surface area contributed by atoms with Gasteiger partial charge in [0, 0.05) is 20.1 Å². The van der Waals surface area contributed by atoms with Gasteiger partial charge in [-0.2, -0.15) is 0 Å². The molecule has 0 unspecified atom stereocenters. The van der Waals surface area contributed by atoms with E-state index in [0.29, 0.717) is 30.1 Å². The van der Waals surface area contributed by atoms with Gasteiger partial charge in [-0.15, -0.1) is 0 Å². The molecule has 0 fully saturated rings. The van der Waals surface area contributed by atoms with Gasteiger partial charge in [0.15, 0.2) is 5.82 Å². The van der Waals surface area contributed by atoms with Gasteiger partial charge < -0.3 is 14.6 Å². The van der Waals surface area contributed by atoms with Crippen molar-refractivity contribution in [3.8, 4) is 5.75 Å². The summed E-state index contributed by atoms with van der Waals surface area (Å²) in [6.07, 6.45) is 2.40. The Hall–Kier alpha value is -2.89. The number of aliphatic imine (C=N–C) groups is 1. The number of hydrogen-bond donors (Lipinski definition) is 1. The number of carbonyl (C=O) groups is 1. The van der Waals surface area contributed by atoms with Crippen LogP contribution in [0.15, 0.2) is 47.1 Å². The van der Waals surface area contributed by atoms with Crippen molar-refractivity contribution in [2.24, 2.45) is 4.99 Å². The van der Waals surface area contributed by atoms with Crippen LogP contribution in [0.4, 0.5) is 0 Å². The third kappa shape index (κ3) is 2.50. The lowest BCUT2D eigenvalue weighted by Gasteiger charge is -2.34. The average Bonchev–Trinajstić information content (AvgIpc) is 3.04. The Morgan fingerprint density at radius 2 is 2.38 bits per heavy atom. The zero-order chi connectivity index (χ0) is 17.3. The van der Waals surface area contributed by atoms with Crippen LogP contribution in [0.3, 0.4) is 0 Å². The number of imidazole rings is 1. The number of rotatable bonds is 4. The fraction of sp³-hybridized carbons (Fsp3) is 0.278. The Balaban J connectivity index is 0.00000225. The van der Waals surface area contributed by atoms with Gasteiger partial charge >= 0.3 is 0 Å². The number of hydrogen-bond acceptors (Lipinski definition) is 4. The van der Waals surface area contributed by atoms with Crippen LogP contribution < -0.4 is 4.74 Å². The first-order chi connectivity index (χ1) is 11.6. The summed E-state index contributed by atoms with van der Waals surface area (Å²) in [4.78, 5) is 26.3. The number of nitrogens with zero attached hydrogens (tertiary/aromatic N) is 3. The topological polar surface area (TPSA) is 70.6 Å². The second-order valence-electron chi connectivity index (χ2n) is 5.63. The maximum Gasteiger partial charge on any atom is 0.290 e. The highest BCUT2D eigenvalue weighted by Gasteiger charge is 2.30. The van der Waals surface area contributed by atoms with E-state index in [2.05, 4.69) is 28.3 Å². The molecule has 1 amide bonds. The van der Waals surface area contributed by atoms with Crippen molar-refractivity contribution in [2.75, 3.05) is 13.7 Å². The molecule has 0 spiro atoms. The molecule has 1 aliphatic heterocycles. The maximum absolute atomic E-state index is 12.9. The van der Waals surface area contributed by atoms with Gasteiger partial charge in [-0.1, -0.05) is 18.7 Å². The van der Waals surface area contributed by atoms with Crippen LogP contribution >= 0.6 is 0 Å². The molecule has 1 N–H and O–H groups in total. The monoisotopic (exact) mass is 326 g/mol. The minimum Gasteiger partial charge on any atom is -0.494 e. The zero-order valence-corrected chi connectivity index (χ0v) is 13.9. The summed E-state index contributed by atoms with van der Waals surface area (Å²) in [5, 5.41) is 0. The summed E-state index contributed by atoms with van der Waals surface area (Å²) in [5.41, 5.74) is 3.25. The highest BCUT2D eigenvalue weighted by molar-refractivity contribution is 5.96. The first kappa shape index (κ1) is 16.0. The number of carbonyl (C=O) groups excluding carboxylic acids is 1. The molecule has 126 valence electrons. The van der Waals surface area contributed by atoms with E-state index in [1.54, 1.807) is 18.1 Å². The molecule has 24 heavy (non-hydrogen) atoms. The van der Waals surface area contributed by atoms with Crippen molar-refractivity contribution in [1.82, 2.24) is 14.9 Å². The minimum atomic E-state index is -0.150. The third-order valence-corrected chi connectivity index (χ3v) is 4.41. The maximum atomic E-state index is 12.9. The molecule has 1 atom stereocenters. The van der Waals surface area contributed by atoms with Crippen LogP contribution in [0.1, 0.15) is 25.4 Å². The van der Waals surface area contributed by atoms with Crippen molar-refractivity contribution >= 4 is 23.7 Å². The van der Waals surface area contributed by atoms with Gasteiger partial charge in [0.05, 0.1) is 18.7 Å². The Bertz CT molecular complexity index is 856. The molecule has 1 aromatic heterocycles. The van der Waals surface area contributed by atoms with Crippen molar-refractivity contribution in [2.45, 2.75) is 19.4 Å². The molecule has 3 rings (SSSR count). The summed E-state index contributed by atoms with van der Waals surface area (Å²) in [6, 6.07) is 5.43. The summed E-state index contributed by atoms with van der Waals surface area (Å²) < 4.78 is 5.30. The number of methoxy groups -OCH3 is 1. The van der Waals surface area contributed by atoms with E-state index in [-0.39, 0.29) is 13.4 Å². The number of benzene rings is 1. The lowest BCUT2D eigenvalue weighted by atomic mass is 9.98. The van der Waals surface area contributed by atoms with Gasteiger partial charge in [0.25, 0.3) is 5.91 Å². The number of nitrogens with one attached hydrogen (secondary N) is 1. The van der Waals surface area contributed by atoms with Gasteiger partial charge in [0.1, 0.15) is 11.3 Å². The molecule has 0 saturated carbocycles. The molecule has 2 aromatic rings. The molecule has 1 aliphatic rings. The lowest BCUT2D eigenvalue weighted by molar-refractivity contribution is 0.0698. The van der Waals surface area contributed by atoms with Crippen molar-refractivity contribution in [3.05, 3.63) is 47.9 Å². The summed E-state index contributed by atoms with van der Waals surface area (Å²) in [5.74, 6) is 0.794. The lowest BCUT2D eigenvalue weighted by Crippen LogP contribution is -2.43. The molecule has 1 aromatic carbocycles. The summed E-state index contributed by atoms with van der Waals surface area (Å²) >= 11 is 0. The number of para-hydroxylation sites is 1. The van der Waals surface area contributed by atoms with Crippen LogP contribution in [-0.4, -0.2) is 47.2 Å². The van der Waals surface area contributed by atoms with Gasteiger partial charge in [-0.25, -0.2) is 4.98 Å². The first-order valence-corrected chi connectivity index (χ1v) is 7.76. The Kier molecular flexibility index (Phi) is 4.20. The van der Waals surface area contributed by atoms with Crippen LogP contribution in [0, 0.1) is 0 Å². The average molecular weight is 326 g/mol. The quantitative estimate of drug-likeness (QED) is 0.877. The summed E-state index contributed by atoms with van der Waals surface area (Å²) in [6.45, 7) is 9.96. The minimum absolute atomic E-state index is 0. The number of fused-ring (bicyclic) bond motifs is 1. The third-order valence-electron chi connectivity index (χ3n) is 4.41. The highest BCUT2D eigenvalue weighted by Crippen LogP contribution is 2.28. The first-order valence-electron chi connectivity index (χ1n) is 7.76. The smallest absolute Gasteiger partial charge is 0.290 e. The number of aromatic nitrogens is 2. The molecule has 0 bridgehead atoms. The van der Waals surface area contributed by atoms with E-state index in [9.17, 15) is 4.79 Å². The number of aromatic amines is 1. The largest absolute Gasteiger partial charge is 0.494 e. The molecule has 0 aliphatic carbocycles. The molecule has 6 heteroatoms. The summed E-state index contributed by atoms with van der Waals surface area (Å²) in [7, 11) is 1.59. The van der Waals surface area contributed by atoms with Gasteiger partial charge in [-0.05, 0) is 31.3 Å². The highest BCUT2D eigenvalue weighted by atomic mass is 16.5. The second kappa shape index (κ2) is 6.31. The molecule has 2 heterocycles. The van der Waals surface area contributed by atoms with Crippen LogP contribution in [-0.2, 0) is 0 Å². The van der Waals surface area contributed by atoms with E-state index in [0.717, 1.165) is 16.8 Å². The van der Waals surface area contributed by atoms with Gasteiger partial charge in [-0.3, -0.25) is 9.79 Å². The molecule has 6 nitrogen and oxygen atoms in total. The van der Waals surface area contributed by atoms with Crippen LogP contribution in [0.25, 0.3) is 11.0 Å². The van der Waals surface area contributed by atoms with Crippen LogP contribution in [0.2, 0.25) is 0 Å². The van der Waals surface area contributed by atoms with Gasteiger partial charge in [0.2, 0.25) is 0 Å². The van der Waals surface area contributed by atoms with E-state index in [4.69, 9.17) is 4.74 Å². The molecular formula is C18H22N4O2. The zero-order valence-electron chi connectivity index (χ0n) is 13.9. The number of ether oxygens (including phenoxy) is 1. The second-order valence-corrected chi connectivity index (χ2v) is 5.63. The van der Waals surface area contributed by atoms with Crippen LogP contribution in [0.5, 0.6) is 5.75 Å². The van der Waals surface area contributed by atoms with Crippen molar-refractivity contribution < 1.29 is 11.0 Å². The predicted molar refractivity (Wildman–Crippen MR) is 96.6 cm³/mol. The standard InChI is InChI=1S/C18H20N4O2.H2/c1-5-12-11(2)22(10-9-13(12)19-3)18(23)17-20-14-7-6-8-15(24-4)16(14)21-17;/h5-8,11H,1,3,9-10H2,2,4H3,(H,20,21);1H/t11-;/m1./s1. The predicted octanol–water partition coefficient (Wildman–Crippen LogP) is 3.19. The normalized spacial score (nSPS) is 17.9.